The van der Waals surface area contributed by atoms with Gasteiger partial charge in [-0.3, -0.25) is 0 Å². The molecule has 0 amide bonds. The van der Waals surface area contributed by atoms with E-state index >= 15 is 0 Å². The molecule has 8 heteroatoms. The monoisotopic (exact) mass is 403 g/mol. The zero-order valence-electron chi connectivity index (χ0n) is 14.7. The van der Waals surface area contributed by atoms with Crippen molar-refractivity contribution in [3.63, 3.8) is 0 Å². The van der Waals surface area contributed by atoms with Crippen molar-refractivity contribution in [1.82, 2.24) is 9.97 Å². The van der Waals surface area contributed by atoms with E-state index < -0.39 is 15.1 Å². The van der Waals surface area contributed by atoms with Crippen LogP contribution < -0.4 is 5.32 Å². The molecule has 140 valence electrons. The number of benzene rings is 2. The van der Waals surface area contributed by atoms with Gasteiger partial charge in [0, 0.05) is 17.3 Å². The summed E-state index contributed by atoms with van der Waals surface area (Å²) in [6.07, 6.45) is 1.48. The third-order valence-electron chi connectivity index (χ3n) is 4.02. The number of nitrogens with zero attached hydrogens (tertiary/aromatic N) is 2. The lowest BCUT2D eigenvalue weighted by molar-refractivity contribution is 0.477. The van der Waals surface area contributed by atoms with E-state index in [1.54, 1.807) is 62.4 Å². The number of phenols is 1. The van der Waals surface area contributed by atoms with E-state index in [1.165, 1.54) is 6.20 Å². The van der Waals surface area contributed by atoms with Gasteiger partial charge in [-0.25, -0.2) is 13.4 Å². The molecule has 0 unspecified atom stereocenters. The Balaban J connectivity index is 2.14. The van der Waals surface area contributed by atoms with Crippen LogP contribution in [0.25, 0.3) is 11.1 Å². The molecule has 0 aliphatic heterocycles. The summed E-state index contributed by atoms with van der Waals surface area (Å²) in [7, 11) is -3.51. The van der Waals surface area contributed by atoms with Gasteiger partial charge in [0.1, 0.15) is 11.6 Å². The third-order valence-corrected chi connectivity index (χ3v) is 6.41. The molecule has 0 bridgehead atoms. The quantitative estimate of drug-likeness (QED) is 0.612. The van der Waals surface area contributed by atoms with E-state index in [2.05, 4.69) is 15.3 Å². The van der Waals surface area contributed by atoms with Crippen LogP contribution in [-0.2, 0) is 9.84 Å². The molecule has 27 heavy (non-hydrogen) atoms. The van der Waals surface area contributed by atoms with E-state index in [-0.39, 0.29) is 15.9 Å². The average Bonchev–Trinajstić information content (AvgIpc) is 2.63. The predicted octanol–water partition coefficient (Wildman–Crippen LogP) is 4.43. The van der Waals surface area contributed by atoms with Crippen molar-refractivity contribution >= 4 is 32.9 Å². The average molecular weight is 404 g/mol. The van der Waals surface area contributed by atoms with Gasteiger partial charge >= 0.3 is 0 Å². The van der Waals surface area contributed by atoms with E-state index in [0.717, 1.165) is 0 Å². The molecule has 0 saturated heterocycles. The van der Waals surface area contributed by atoms with Gasteiger partial charge in [-0.15, -0.1) is 0 Å². The first-order valence-electron chi connectivity index (χ1n) is 8.21. The molecule has 0 radical (unpaired) electrons. The maximum Gasteiger partial charge on any atom is 0.224 e. The number of anilines is 2. The molecule has 3 aromatic rings. The van der Waals surface area contributed by atoms with Crippen LogP contribution in [0.1, 0.15) is 13.8 Å². The van der Waals surface area contributed by atoms with Gasteiger partial charge in [-0.2, -0.15) is 4.98 Å². The second-order valence-corrected chi connectivity index (χ2v) is 8.94. The number of nitrogens with one attached hydrogen (secondary N) is 1. The smallest absolute Gasteiger partial charge is 0.224 e. The third kappa shape index (κ3) is 3.89. The molecule has 1 heterocycles. The van der Waals surface area contributed by atoms with E-state index in [1.807, 2.05) is 0 Å². The summed E-state index contributed by atoms with van der Waals surface area (Å²) in [5.41, 5.74) is 1.37. The SMILES string of the molecule is CC(C)S(=O)(=O)c1ccccc1Nc1nc(Cl)ncc1-c1ccccc1O. The fourth-order valence-electron chi connectivity index (χ4n) is 2.55. The van der Waals surface area contributed by atoms with Gasteiger partial charge in [0.15, 0.2) is 9.84 Å². The minimum Gasteiger partial charge on any atom is -0.507 e. The molecule has 3 rings (SSSR count). The maximum absolute atomic E-state index is 12.7. The van der Waals surface area contributed by atoms with Crippen LogP contribution in [0, 0.1) is 0 Å². The van der Waals surface area contributed by atoms with Crippen molar-refractivity contribution in [1.29, 1.82) is 0 Å². The number of aromatic nitrogens is 2. The highest BCUT2D eigenvalue weighted by Crippen LogP contribution is 2.36. The van der Waals surface area contributed by atoms with Crippen molar-refractivity contribution in [2.45, 2.75) is 24.0 Å². The molecule has 0 aliphatic rings. The minimum atomic E-state index is -3.51. The molecule has 1 aromatic heterocycles. The first kappa shape index (κ1) is 19.1. The molecule has 0 aliphatic carbocycles. The summed E-state index contributed by atoms with van der Waals surface area (Å²) in [5, 5.41) is 12.6. The number of hydrogen-bond acceptors (Lipinski definition) is 6. The Morgan fingerprint density at radius 2 is 1.70 bits per heavy atom. The predicted molar refractivity (Wildman–Crippen MR) is 106 cm³/mol. The van der Waals surface area contributed by atoms with Gasteiger partial charge in [-0.1, -0.05) is 30.3 Å². The standard InChI is InChI=1S/C19H18ClN3O3S/c1-12(2)27(25,26)17-10-6-4-8-15(17)22-18-14(11-21-19(20)23-18)13-7-3-5-9-16(13)24/h3-12,24H,1-2H3,(H,21,22,23). The Bertz CT molecular complexity index is 1090. The van der Waals surface area contributed by atoms with Crippen molar-refractivity contribution in [3.8, 4) is 16.9 Å². The highest BCUT2D eigenvalue weighted by molar-refractivity contribution is 7.92. The summed E-state index contributed by atoms with van der Waals surface area (Å²) in [6, 6.07) is 13.3. The second-order valence-electron chi connectivity index (χ2n) is 6.13. The van der Waals surface area contributed by atoms with Gasteiger partial charge in [-0.05, 0) is 43.6 Å². The number of sulfone groups is 1. The lowest BCUT2D eigenvalue weighted by Gasteiger charge is -2.16. The number of phenolic OH excluding ortho intramolecular Hbond substituents is 1. The summed E-state index contributed by atoms with van der Waals surface area (Å²) in [6.45, 7) is 3.25. The van der Waals surface area contributed by atoms with Crippen LogP contribution in [0.15, 0.2) is 59.6 Å². The Labute approximate surface area is 162 Å². The van der Waals surface area contributed by atoms with Gasteiger partial charge in [0.05, 0.1) is 15.8 Å². The van der Waals surface area contributed by atoms with E-state index in [9.17, 15) is 13.5 Å². The van der Waals surface area contributed by atoms with Crippen molar-refractivity contribution < 1.29 is 13.5 Å². The van der Waals surface area contributed by atoms with Gasteiger partial charge < -0.3 is 10.4 Å². The maximum atomic E-state index is 12.7. The zero-order valence-corrected chi connectivity index (χ0v) is 16.3. The van der Waals surface area contributed by atoms with Crippen molar-refractivity contribution in [2.75, 3.05) is 5.32 Å². The van der Waals surface area contributed by atoms with Crippen molar-refractivity contribution in [3.05, 3.63) is 60.0 Å². The first-order valence-corrected chi connectivity index (χ1v) is 10.1. The molecule has 0 saturated carbocycles. The molecule has 0 fully saturated rings. The molecular weight excluding hydrogens is 386 g/mol. The fraction of sp³-hybridized carbons (Fsp3) is 0.158. The number of para-hydroxylation sites is 2. The van der Waals surface area contributed by atoms with Crippen molar-refractivity contribution in [2.24, 2.45) is 0 Å². The Kier molecular flexibility index (Phi) is 5.34. The van der Waals surface area contributed by atoms with Gasteiger partial charge in [0.25, 0.3) is 0 Å². The molecular formula is C19H18ClN3O3S. The first-order chi connectivity index (χ1) is 12.8. The van der Waals surface area contributed by atoms with Crippen LogP contribution in [-0.4, -0.2) is 28.7 Å². The number of rotatable bonds is 5. The van der Waals surface area contributed by atoms with Crippen LogP contribution in [0.2, 0.25) is 5.28 Å². The lowest BCUT2D eigenvalue weighted by atomic mass is 10.1. The van der Waals surface area contributed by atoms with E-state index in [0.29, 0.717) is 22.6 Å². The van der Waals surface area contributed by atoms with Crippen LogP contribution in [0.5, 0.6) is 5.75 Å². The Morgan fingerprint density at radius 3 is 2.41 bits per heavy atom. The number of halogens is 1. The van der Waals surface area contributed by atoms with Gasteiger partial charge in [0.2, 0.25) is 5.28 Å². The number of hydrogen-bond donors (Lipinski definition) is 2. The summed E-state index contributed by atoms with van der Waals surface area (Å²) in [5.74, 6) is 0.345. The minimum absolute atomic E-state index is 0.000804. The summed E-state index contributed by atoms with van der Waals surface area (Å²) < 4.78 is 25.4. The highest BCUT2D eigenvalue weighted by atomic mass is 35.5. The second kappa shape index (κ2) is 7.54. The normalized spacial score (nSPS) is 11.6. The molecule has 2 N–H and O–H groups in total. The van der Waals surface area contributed by atoms with Crippen LogP contribution >= 0.6 is 11.6 Å². The lowest BCUT2D eigenvalue weighted by Crippen LogP contribution is -2.15. The highest BCUT2D eigenvalue weighted by Gasteiger charge is 2.23. The largest absolute Gasteiger partial charge is 0.507 e. The topological polar surface area (TPSA) is 92.2 Å². The molecule has 2 aromatic carbocycles. The Morgan fingerprint density at radius 1 is 1.04 bits per heavy atom. The molecule has 6 nitrogen and oxygen atoms in total. The van der Waals surface area contributed by atoms with E-state index in [4.69, 9.17) is 11.6 Å². The Hall–Kier alpha value is -2.64. The fourth-order valence-corrected chi connectivity index (χ4v) is 3.89. The van der Waals surface area contributed by atoms with Crippen LogP contribution in [0.3, 0.4) is 0 Å². The molecule has 0 spiro atoms. The summed E-state index contributed by atoms with van der Waals surface area (Å²) >= 11 is 5.95. The molecule has 0 atom stereocenters. The number of aromatic hydroxyl groups is 1. The van der Waals surface area contributed by atoms with Crippen LogP contribution in [0.4, 0.5) is 11.5 Å². The zero-order chi connectivity index (χ0) is 19.6. The summed E-state index contributed by atoms with van der Waals surface area (Å²) in [4.78, 5) is 8.34.